The van der Waals surface area contributed by atoms with E-state index in [4.69, 9.17) is 0 Å². The highest BCUT2D eigenvalue weighted by molar-refractivity contribution is 7.89. The molecule has 0 spiro atoms. The summed E-state index contributed by atoms with van der Waals surface area (Å²) in [5.74, 6) is 0.382. The fraction of sp³-hybridized carbons (Fsp3) is 0.517. The molecule has 3 atom stereocenters. The zero-order chi connectivity index (χ0) is 25.9. The lowest BCUT2D eigenvalue weighted by Crippen LogP contribution is -2.53. The van der Waals surface area contributed by atoms with Crippen molar-refractivity contribution in [3.05, 3.63) is 59.1 Å². The Morgan fingerprint density at radius 2 is 1.86 bits per heavy atom. The molecule has 6 rings (SSSR count). The summed E-state index contributed by atoms with van der Waals surface area (Å²) in [5, 5.41) is 0. The summed E-state index contributed by atoms with van der Waals surface area (Å²) in [6.07, 6.45) is 4.96. The van der Waals surface area contributed by atoms with Gasteiger partial charge in [-0.3, -0.25) is 4.79 Å². The number of fused-ring (bicyclic) bond motifs is 2. The van der Waals surface area contributed by atoms with Crippen LogP contribution in [-0.2, 0) is 21.4 Å². The van der Waals surface area contributed by atoms with E-state index in [1.165, 1.54) is 4.31 Å². The fourth-order valence-electron chi connectivity index (χ4n) is 6.28. The van der Waals surface area contributed by atoms with Gasteiger partial charge in [-0.2, -0.15) is 4.31 Å². The highest BCUT2D eigenvalue weighted by Gasteiger charge is 2.60. The van der Waals surface area contributed by atoms with Crippen molar-refractivity contribution in [3.63, 3.8) is 0 Å². The van der Waals surface area contributed by atoms with Crippen molar-refractivity contribution in [3.8, 4) is 0 Å². The lowest BCUT2D eigenvalue weighted by Gasteiger charge is -2.42. The molecule has 0 radical (unpaired) electrons. The minimum absolute atomic E-state index is 0.0243. The van der Waals surface area contributed by atoms with Gasteiger partial charge >= 0.3 is 0 Å². The maximum Gasteiger partial charge on any atom is 0.243 e. The number of aromatic nitrogens is 1. The van der Waals surface area contributed by atoms with Gasteiger partial charge in [-0.25, -0.2) is 13.4 Å². The van der Waals surface area contributed by atoms with Gasteiger partial charge in [0.2, 0.25) is 15.9 Å². The third kappa shape index (κ3) is 4.72. The van der Waals surface area contributed by atoms with Crippen molar-refractivity contribution < 1.29 is 13.2 Å². The summed E-state index contributed by atoms with van der Waals surface area (Å²) in [6.45, 7) is 7.47. The Morgan fingerprint density at radius 3 is 2.59 bits per heavy atom. The van der Waals surface area contributed by atoms with Crippen molar-refractivity contribution in [2.45, 2.75) is 76.4 Å². The van der Waals surface area contributed by atoms with Gasteiger partial charge in [0.1, 0.15) is 6.04 Å². The van der Waals surface area contributed by atoms with Crippen LogP contribution in [0.4, 0.5) is 0 Å². The van der Waals surface area contributed by atoms with Gasteiger partial charge in [0.25, 0.3) is 0 Å². The summed E-state index contributed by atoms with van der Waals surface area (Å²) >= 11 is 1.61. The van der Waals surface area contributed by atoms with Crippen LogP contribution in [0.5, 0.6) is 0 Å². The summed E-state index contributed by atoms with van der Waals surface area (Å²) in [7, 11) is -3.75. The first-order valence-corrected chi connectivity index (χ1v) is 15.7. The van der Waals surface area contributed by atoms with Crippen LogP contribution in [0.15, 0.2) is 52.9 Å². The molecule has 196 valence electrons. The molecule has 0 N–H and O–H groups in total. The average molecular weight is 538 g/mol. The number of hydrogen-bond donors (Lipinski definition) is 0. The van der Waals surface area contributed by atoms with Crippen LogP contribution in [0.25, 0.3) is 10.2 Å². The molecule has 2 aliphatic carbocycles. The van der Waals surface area contributed by atoms with Crippen LogP contribution in [0.2, 0.25) is 0 Å². The number of thiazole rings is 1. The molecule has 6 nitrogen and oxygen atoms in total. The molecule has 1 aliphatic heterocycles. The van der Waals surface area contributed by atoms with E-state index in [0.717, 1.165) is 53.4 Å². The summed E-state index contributed by atoms with van der Waals surface area (Å²) < 4.78 is 30.1. The number of benzene rings is 2. The van der Waals surface area contributed by atoms with E-state index in [1.54, 1.807) is 23.5 Å². The second-order valence-corrected chi connectivity index (χ2v) is 14.8. The van der Waals surface area contributed by atoms with Gasteiger partial charge in [-0.1, -0.05) is 37.6 Å². The van der Waals surface area contributed by atoms with E-state index in [-0.39, 0.29) is 34.1 Å². The largest absolute Gasteiger partial charge is 0.334 e. The number of aryl methyl sites for hydroxylation is 1. The van der Waals surface area contributed by atoms with E-state index < -0.39 is 16.1 Å². The molecule has 8 heteroatoms. The predicted molar refractivity (Wildman–Crippen MR) is 147 cm³/mol. The molecule has 3 aliphatic rings. The van der Waals surface area contributed by atoms with Crippen LogP contribution in [0, 0.1) is 24.2 Å². The number of nitrogens with zero attached hydrogens (tertiary/aromatic N) is 3. The SMILES string of the molecule is Cc1ccc(S(=O)(=O)N2C[C@H]3C[C@H]3[C@@H]2C(=O)N(Cc2ccc3scnc3c2)C2CCC(C)(C)CC2)cc1. The van der Waals surface area contributed by atoms with Gasteiger partial charge in [-0.15, -0.1) is 11.3 Å². The van der Waals surface area contributed by atoms with Gasteiger partial charge in [0, 0.05) is 19.1 Å². The van der Waals surface area contributed by atoms with Crippen LogP contribution in [-0.4, -0.2) is 47.1 Å². The number of piperidine rings is 1. The molecule has 2 heterocycles. The Kier molecular flexibility index (Phi) is 6.20. The molecular formula is C29H35N3O3S2. The average Bonchev–Trinajstić information content (AvgIpc) is 3.29. The normalized spacial score (nSPS) is 25.8. The van der Waals surface area contributed by atoms with Crippen LogP contribution in [0.1, 0.15) is 57.1 Å². The number of rotatable bonds is 6. The van der Waals surface area contributed by atoms with E-state index in [0.29, 0.717) is 13.1 Å². The van der Waals surface area contributed by atoms with Crippen molar-refractivity contribution >= 4 is 37.5 Å². The first-order chi connectivity index (χ1) is 17.6. The molecule has 1 aromatic heterocycles. The number of carbonyl (C=O) groups excluding carboxylic acids is 1. The molecule has 0 unspecified atom stereocenters. The third-order valence-corrected chi connectivity index (χ3v) is 11.4. The Morgan fingerprint density at radius 1 is 1.14 bits per heavy atom. The van der Waals surface area contributed by atoms with E-state index in [2.05, 4.69) is 37.0 Å². The molecule has 0 bridgehead atoms. The standard InChI is InChI=1S/C29H35N3O3S2/c1-19-4-7-23(8-5-19)37(34,35)32-17-21-15-24(21)27(32)28(33)31(22-10-12-29(2,3)13-11-22)16-20-6-9-26-25(14-20)30-18-36-26/h4-9,14,18,21-22,24,27H,10-13,15-17H2,1-3H3/t21-,24-,27-/m1/s1. The smallest absolute Gasteiger partial charge is 0.243 e. The Hall–Kier alpha value is -2.29. The zero-order valence-corrected chi connectivity index (χ0v) is 23.4. The minimum atomic E-state index is -3.75. The Balaban J connectivity index is 1.32. The minimum Gasteiger partial charge on any atom is -0.334 e. The lowest BCUT2D eigenvalue weighted by molar-refractivity contribution is -0.139. The third-order valence-electron chi connectivity index (χ3n) is 8.77. The molecule has 1 amide bonds. The Labute approximate surface area is 223 Å². The molecule has 3 aromatic rings. The second-order valence-electron chi connectivity index (χ2n) is 12.0. The zero-order valence-electron chi connectivity index (χ0n) is 21.8. The lowest BCUT2D eigenvalue weighted by atomic mass is 9.75. The fourth-order valence-corrected chi connectivity index (χ4v) is 8.62. The molecule has 3 fully saturated rings. The quantitative estimate of drug-likeness (QED) is 0.410. The highest BCUT2D eigenvalue weighted by Crippen LogP contribution is 2.52. The maximum atomic E-state index is 14.4. The maximum absolute atomic E-state index is 14.4. The van der Waals surface area contributed by atoms with Crippen molar-refractivity contribution in [2.75, 3.05) is 6.54 Å². The van der Waals surface area contributed by atoms with E-state index >= 15 is 0 Å². The van der Waals surface area contributed by atoms with Crippen molar-refractivity contribution in [1.82, 2.24) is 14.2 Å². The summed E-state index contributed by atoms with van der Waals surface area (Å²) in [5.41, 5.74) is 5.14. The summed E-state index contributed by atoms with van der Waals surface area (Å²) in [6, 6.07) is 12.7. The van der Waals surface area contributed by atoms with Gasteiger partial charge < -0.3 is 4.90 Å². The van der Waals surface area contributed by atoms with Gasteiger partial charge in [0.15, 0.2) is 0 Å². The monoisotopic (exact) mass is 537 g/mol. The van der Waals surface area contributed by atoms with Gasteiger partial charge in [-0.05, 0) is 86.1 Å². The molecule has 1 saturated heterocycles. The van der Waals surface area contributed by atoms with Crippen LogP contribution >= 0.6 is 11.3 Å². The van der Waals surface area contributed by atoms with Gasteiger partial charge in [0.05, 0.1) is 20.6 Å². The predicted octanol–water partition coefficient (Wildman–Crippen LogP) is 5.61. The molecule has 2 saturated carbocycles. The van der Waals surface area contributed by atoms with Crippen LogP contribution < -0.4 is 0 Å². The first kappa shape index (κ1) is 25.0. The number of amides is 1. The number of carbonyl (C=O) groups is 1. The molecular weight excluding hydrogens is 502 g/mol. The number of hydrogen-bond acceptors (Lipinski definition) is 5. The topological polar surface area (TPSA) is 70.6 Å². The van der Waals surface area contributed by atoms with Crippen molar-refractivity contribution in [1.29, 1.82) is 0 Å². The Bertz CT molecular complexity index is 1420. The van der Waals surface area contributed by atoms with Crippen LogP contribution in [0.3, 0.4) is 0 Å². The summed E-state index contributed by atoms with van der Waals surface area (Å²) in [4.78, 5) is 21.2. The second kappa shape index (κ2) is 9.17. The van der Waals surface area contributed by atoms with E-state index in [9.17, 15) is 13.2 Å². The highest BCUT2D eigenvalue weighted by atomic mass is 32.2. The first-order valence-electron chi connectivity index (χ1n) is 13.3. The van der Waals surface area contributed by atoms with E-state index in [1.807, 2.05) is 29.5 Å². The number of sulfonamides is 1. The molecule has 37 heavy (non-hydrogen) atoms. The molecule has 2 aromatic carbocycles. The van der Waals surface area contributed by atoms with Crippen molar-refractivity contribution in [2.24, 2.45) is 17.3 Å².